The minimum absolute atomic E-state index is 0.0331. The largest absolute Gasteiger partial charge is 0.481 e. The van der Waals surface area contributed by atoms with Crippen LogP contribution in [0.4, 0.5) is 0 Å². The topological polar surface area (TPSA) is 57.6 Å². The fourth-order valence-electron chi connectivity index (χ4n) is 2.02. The van der Waals surface area contributed by atoms with Crippen LogP contribution < -0.4 is 0 Å². The average Bonchev–Trinajstić information content (AvgIpc) is 2.29. The van der Waals surface area contributed by atoms with Crippen molar-refractivity contribution >= 4 is 23.6 Å². The molecule has 0 bridgehead atoms. The van der Waals surface area contributed by atoms with Gasteiger partial charge in [0.1, 0.15) is 0 Å². The summed E-state index contributed by atoms with van der Waals surface area (Å²) in [6.07, 6.45) is 1.89. The third-order valence-electron chi connectivity index (χ3n) is 3.04. The standard InChI is InChI=1S/C12H21NO3S/c1-9(2)13(6-3-11(14)15)12(16)10-4-7-17-8-5-10/h9-10H,3-8H2,1-2H3,(H,14,15). The molecule has 0 aliphatic carbocycles. The molecule has 0 saturated carbocycles. The number of hydrogen-bond donors (Lipinski definition) is 1. The van der Waals surface area contributed by atoms with E-state index >= 15 is 0 Å². The summed E-state index contributed by atoms with van der Waals surface area (Å²) < 4.78 is 0. The zero-order chi connectivity index (χ0) is 12.8. The first kappa shape index (κ1) is 14.4. The van der Waals surface area contributed by atoms with Gasteiger partial charge in [0.05, 0.1) is 6.42 Å². The Balaban J connectivity index is 2.55. The Hall–Kier alpha value is -0.710. The van der Waals surface area contributed by atoms with Gasteiger partial charge in [-0.05, 0) is 38.2 Å². The third-order valence-corrected chi connectivity index (χ3v) is 4.09. The number of thioether (sulfide) groups is 1. The smallest absolute Gasteiger partial charge is 0.305 e. The number of rotatable bonds is 5. The molecule has 1 fully saturated rings. The lowest BCUT2D eigenvalue weighted by Crippen LogP contribution is -2.43. The zero-order valence-corrected chi connectivity index (χ0v) is 11.3. The highest BCUT2D eigenvalue weighted by molar-refractivity contribution is 7.99. The van der Waals surface area contributed by atoms with Crippen molar-refractivity contribution in [1.29, 1.82) is 0 Å². The van der Waals surface area contributed by atoms with Crippen molar-refractivity contribution in [3.63, 3.8) is 0 Å². The van der Waals surface area contributed by atoms with Gasteiger partial charge in [-0.2, -0.15) is 11.8 Å². The molecule has 1 aliphatic heterocycles. The van der Waals surface area contributed by atoms with E-state index in [4.69, 9.17) is 5.11 Å². The highest BCUT2D eigenvalue weighted by Crippen LogP contribution is 2.25. The Bertz CT molecular complexity index is 275. The van der Waals surface area contributed by atoms with E-state index in [0.717, 1.165) is 24.3 Å². The van der Waals surface area contributed by atoms with Gasteiger partial charge in [0, 0.05) is 18.5 Å². The van der Waals surface area contributed by atoms with E-state index in [1.54, 1.807) is 4.90 Å². The zero-order valence-electron chi connectivity index (χ0n) is 10.5. The fraction of sp³-hybridized carbons (Fsp3) is 0.833. The van der Waals surface area contributed by atoms with Crippen LogP contribution in [0, 0.1) is 5.92 Å². The molecule has 0 spiro atoms. The van der Waals surface area contributed by atoms with Crippen LogP contribution in [-0.4, -0.2) is 46.0 Å². The molecule has 0 aromatic carbocycles. The maximum atomic E-state index is 12.3. The van der Waals surface area contributed by atoms with Gasteiger partial charge in [-0.15, -0.1) is 0 Å². The van der Waals surface area contributed by atoms with Crippen LogP contribution in [0.15, 0.2) is 0 Å². The number of carbonyl (C=O) groups is 2. The summed E-state index contributed by atoms with van der Waals surface area (Å²) in [4.78, 5) is 24.6. The SMILES string of the molecule is CC(C)N(CCC(=O)O)C(=O)C1CCSCC1. The van der Waals surface area contributed by atoms with Gasteiger partial charge >= 0.3 is 5.97 Å². The highest BCUT2D eigenvalue weighted by Gasteiger charge is 2.27. The van der Waals surface area contributed by atoms with Gasteiger partial charge in [-0.1, -0.05) is 0 Å². The molecule has 1 amide bonds. The molecule has 1 rings (SSSR count). The van der Waals surface area contributed by atoms with Gasteiger partial charge in [0.25, 0.3) is 0 Å². The summed E-state index contributed by atoms with van der Waals surface area (Å²) in [6.45, 7) is 4.21. The van der Waals surface area contributed by atoms with E-state index in [2.05, 4.69) is 0 Å². The van der Waals surface area contributed by atoms with Crippen LogP contribution in [0.3, 0.4) is 0 Å². The van der Waals surface area contributed by atoms with Crippen molar-refractivity contribution < 1.29 is 14.7 Å². The minimum Gasteiger partial charge on any atom is -0.481 e. The molecule has 17 heavy (non-hydrogen) atoms. The van der Waals surface area contributed by atoms with Gasteiger partial charge < -0.3 is 10.0 Å². The third kappa shape index (κ3) is 4.58. The van der Waals surface area contributed by atoms with E-state index in [1.807, 2.05) is 25.6 Å². The van der Waals surface area contributed by atoms with Crippen molar-refractivity contribution in [2.24, 2.45) is 5.92 Å². The minimum atomic E-state index is -0.845. The van der Waals surface area contributed by atoms with Gasteiger partial charge in [-0.25, -0.2) is 0 Å². The van der Waals surface area contributed by atoms with Crippen LogP contribution in [0.5, 0.6) is 0 Å². The molecule has 4 nitrogen and oxygen atoms in total. The van der Waals surface area contributed by atoms with E-state index < -0.39 is 5.97 Å². The first-order chi connectivity index (χ1) is 8.02. The Kier molecular flexibility index (Phi) is 5.82. The maximum absolute atomic E-state index is 12.3. The second-order valence-electron chi connectivity index (χ2n) is 4.66. The number of aliphatic carboxylic acids is 1. The second-order valence-corrected chi connectivity index (χ2v) is 5.88. The van der Waals surface area contributed by atoms with Crippen LogP contribution in [0.1, 0.15) is 33.1 Å². The quantitative estimate of drug-likeness (QED) is 0.818. The van der Waals surface area contributed by atoms with Crippen LogP contribution in [0.25, 0.3) is 0 Å². The van der Waals surface area contributed by atoms with Crippen molar-refractivity contribution in [3.05, 3.63) is 0 Å². The highest BCUT2D eigenvalue weighted by atomic mass is 32.2. The molecule has 1 N–H and O–H groups in total. The Morgan fingerprint density at radius 1 is 1.35 bits per heavy atom. The second kappa shape index (κ2) is 6.89. The molecule has 1 aliphatic rings. The lowest BCUT2D eigenvalue weighted by atomic mass is 10.00. The van der Waals surface area contributed by atoms with Crippen LogP contribution >= 0.6 is 11.8 Å². The number of nitrogens with zero attached hydrogens (tertiary/aromatic N) is 1. The first-order valence-corrected chi connectivity index (χ1v) is 7.28. The van der Waals surface area contributed by atoms with E-state index in [9.17, 15) is 9.59 Å². The average molecular weight is 259 g/mol. The maximum Gasteiger partial charge on any atom is 0.305 e. The molecular formula is C12H21NO3S. The summed E-state index contributed by atoms with van der Waals surface area (Å²) in [7, 11) is 0. The fourth-order valence-corrected chi connectivity index (χ4v) is 3.12. The molecule has 0 aromatic heterocycles. The molecule has 0 radical (unpaired) electrons. The van der Waals surface area contributed by atoms with E-state index in [-0.39, 0.29) is 24.3 Å². The Morgan fingerprint density at radius 3 is 2.41 bits per heavy atom. The molecule has 98 valence electrons. The summed E-state index contributed by atoms with van der Waals surface area (Å²) in [5.74, 6) is 1.49. The summed E-state index contributed by atoms with van der Waals surface area (Å²) in [6, 6.07) is 0.0800. The monoisotopic (exact) mass is 259 g/mol. The van der Waals surface area contributed by atoms with Crippen molar-refractivity contribution in [2.45, 2.75) is 39.2 Å². The number of hydrogen-bond acceptors (Lipinski definition) is 3. The normalized spacial score (nSPS) is 17.1. The Labute approximate surface area is 107 Å². The number of carbonyl (C=O) groups excluding carboxylic acids is 1. The number of amides is 1. The number of carboxylic acid groups (broad SMARTS) is 1. The predicted molar refractivity (Wildman–Crippen MR) is 69.2 cm³/mol. The summed E-state index contributed by atoms with van der Waals surface area (Å²) >= 11 is 1.89. The van der Waals surface area contributed by atoms with Crippen molar-refractivity contribution in [3.8, 4) is 0 Å². The molecule has 1 heterocycles. The molecule has 5 heteroatoms. The predicted octanol–water partition coefficient (Wildman–Crippen LogP) is 1.84. The van der Waals surface area contributed by atoms with Crippen LogP contribution in [-0.2, 0) is 9.59 Å². The van der Waals surface area contributed by atoms with Crippen molar-refractivity contribution in [1.82, 2.24) is 4.90 Å². The number of carboxylic acids is 1. The lowest BCUT2D eigenvalue weighted by molar-refractivity contribution is -0.141. The Morgan fingerprint density at radius 2 is 1.94 bits per heavy atom. The van der Waals surface area contributed by atoms with Crippen molar-refractivity contribution in [2.75, 3.05) is 18.1 Å². The van der Waals surface area contributed by atoms with Gasteiger partial charge in [-0.3, -0.25) is 9.59 Å². The lowest BCUT2D eigenvalue weighted by Gasteiger charge is -2.31. The van der Waals surface area contributed by atoms with Gasteiger partial charge in [0.15, 0.2) is 0 Å². The van der Waals surface area contributed by atoms with E-state index in [1.165, 1.54) is 0 Å². The molecule has 0 atom stereocenters. The summed E-state index contributed by atoms with van der Waals surface area (Å²) in [5, 5.41) is 8.69. The molecule has 0 unspecified atom stereocenters. The first-order valence-electron chi connectivity index (χ1n) is 6.12. The van der Waals surface area contributed by atoms with E-state index in [0.29, 0.717) is 6.54 Å². The van der Waals surface area contributed by atoms with Crippen LogP contribution in [0.2, 0.25) is 0 Å². The molecule has 0 aromatic rings. The van der Waals surface area contributed by atoms with Gasteiger partial charge in [0.2, 0.25) is 5.91 Å². The molecule has 1 saturated heterocycles. The summed E-state index contributed by atoms with van der Waals surface area (Å²) in [5.41, 5.74) is 0. The molecular weight excluding hydrogens is 238 g/mol.